The fourth-order valence-electron chi connectivity index (χ4n) is 0.312. The van der Waals surface area contributed by atoms with Gasteiger partial charge in [-0.05, 0) is 0 Å². The second-order valence-corrected chi connectivity index (χ2v) is 3.24. The summed E-state index contributed by atoms with van der Waals surface area (Å²) in [5, 5.41) is 2.11. The maximum Gasteiger partial charge on any atom is 0.406 e. The molecule has 11 heavy (non-hydrogen) atoms. The van der Waals surface area contributed by atoms with Crippen LogP contribution in [-0.2, 0) is 14.9 Å². The van der Waals surface area contributed by atoms with Gasteiger partial charge < -0.3 is 10.1 Å². The molecule has 0 aromatic carbocycles. The molecule has 0 heterocycles. The Morgan fingerprint density at radius 2 is 2.18 bits per heavy atom. The van der Waals surface area contributed by atoms with Crippen LogP contribution in [0.3, 0.4) is 0 Å². The highest BCUT2D eigenvalue weighted by atomic mass is 32.2. The standard InChI is InChI=1S/C4H9NO5S/c1-5-4(6)10-2-3-11(7,8)9/h2-3H2,1H3,(H,5,6)(H,7,8,9). The maximum atomic E-state index is 10.3. The smallest absolute Gasteiger partial charge is 0.406 e. The fraction of sp³-hybridized carbons (Fsp3) is 0.750. The normalized spacial score (nSPS) is 10.7. The first kappa shape index (κ1) is 10.2. The zero-order valence-electron chi connectivity index (χ0n) is 5.90. The van der Waals surface area contributed by atoms with Gasteiger partial charge in [-0.3, -0.25) is 4.55 Å². The van der Waals surface area contributed by atoms with Crippen LogP contribution >= 0.6 is 0 Å². The third-order valence-electron chi connectivity index (χ3n) is 0.779. The van der Waals surface area contributed by atoms with E-state index in [1.165, 1.54) is 7.05 Å². The first-order chi connectivity index (χ1) is 4.95. The lowest BCUT2D eigenvalue weighted by Crippen LogP contribution is -2.22. The molecular formula is C4H9NO5S. The van der Waals surface area contributed by atoms with E-state index in [2.05, 4.69) is 10.1 Å². The Bertz CT molecular complexity index is 221. The van der Waals surface area contributed by atoms with Gasteiger partial charge in [-0.15, -0.1) is 0 Å². The van der Waals surface area contributed by atoms with Crippen molar-refractivity contribution in [3.8, 4) is 0 Å². The highest BCUT2D eigenvalue weighted by Crippen LogP contribution is 1.83. The summed E-state index contributed by atoms with van der Waals surface area (Å²) >= 11 is 0. The molecule has 2 N–H and O–H groups in total. The van der Waals surface area contributed by atoms with E-state index >= 15 is 0 Å². The van der Waals surface area contributed by atoms with E-state index in [4.69, 9.17) is 4.55 Å². The van der Waals surface area contributed by atoms with Gasteiger partial charge >= 0.3 is 6.09 Å². The van der Waals surface area contributed by atoms with Crippen molar-refractivity contribution < 1.29 is 22.5 Å². The first-order valence-corrected chi connectivity index (χ1v) is 4.36. The number of amides is 1. The second-order valence-electron chi connectivity index (χ2n) is 1.67. The van der Waals surface area contributed by atoms with Crippen molar-refractivity contribution in [1.29, 1.82) is 0 Å². The second kappa shape index (κ2) is 4.14. The lowest BCUT2D eigenvalue weighted by atomic mass is 10.8. The van der Waals surface area contributed by atoms with Crippen LogP contribution in [0.15, 0.2) is 0 Å². The van der Waals surface area contributed by atoms with Crippen molar-refractivity contribution >= 4 is 16.2 Å². The first-order valence-electron chi connectivity index (χ1n) is 2.75. The molecule has 0 bridgehead atoms. The molecular weight excluding hydrogens is 174 g/mol. The fourth-order valence-corrected chi connectivity index (χ4v) is 0.606. The summed E-state index contributed by atoms with van der Waals surface area (Å²) in [6.45, 7) is -0.349. The number of hydrogen-bond acceptors (Lipinski definition) is 4. The SMILES string of the molecule is CNC(=O)OCCS(=O)(=O)O. The van der Waals surface area contributed by atoms with E-state index in [0.29, 0.717) is 0 Å². The predicted octanol–water partition coefficient (Wildman–Crippen LogP) is -0.770. The Morgan fingerprint density at radius 1 is 1.64 bits per heavy atom. The van der Waals surface area contributed by atoms with Gasteiger partial charge in [0, 0.05) is 7.05 Å². The molecule has 66 valence electrons. The van der Waals surface area contributed by atoms with Crippen LogP contribution in [-0.4, -0.2) is 38.5 Å². The van der Waals surface area contributed by atoms with E-state index in [1.807, 2.05) is 0 Å². The van der Waals surface area contributed by atoms with Gasteiger partial charge in [-0.25, -0.2) is 4.79 Å². The van der Waals surface area contributed by atoms with Crippen molar-refractivity contribution in [3.63, 3.8) is 0 Å². The summed E-state index contributed by atoms with van der Waals surface area (Å²) < 4.78 is 32.5. The lowest BCUT2D eigenvalue weighted by molar-refractivity contribution is 0.155. The summed E-state index contributed by atoms with van der Waals surface area (Å²) in [4.78, 5) is 10.3. The Labute approximate surface area is 64.3 Å². The van der Waals surface area contributed by atoms with E-state index < -0.39 is 22.0 Å². The molecule has 0 saturated heterocycles. The molecule has 0 fully saturated rings. The van der Waals surface area contributed by atoms with E-state index in [1.54, 1.807) is 0 Å². The van der Waals surface area contributed by atoms with Gasteiger partial charge in [-0.1, -0.05) is 0 Å². The largest absolute Gasteiger partial charge is 0.448 e. The average Bonchev–Trinajstić information content (AvgIpc) is 1.85. The molecule has 0 atom stereocenters. The number of ether oxygens (including phenoxy) is 1. The van der Waals surface area contributed by atoms with Crippen molar-refractivity contribution in [2.75, 3.05) is 19.4 Å². The molecule has 1 amide bonds. The van der Waals surface area contributed by atoms with Gasteiger partial charge in [0.1, 0.15) is 12.4 Å². The molecule has 0 aliphatic rings. The minimum atomic E-state index is -4.03. The average molecular weight is 183 g/mol. The quantitative estimate of drug-likeness (QED) is 0.560. The van der Waals surface area contributed by atoms with Gasteiger partial charge in [0.2, 0.25) is 0 Å². The van der Waals surface area contributed by atoms with Crippen LogP contribution in [0, 0.1) is 0 Å². The minimum Gasteiger partial charge on any atom is -0.448 e. The number of carbonyl (C=O) groups is 1. The topological polar surface area (TPSA) is 92.7 Å². The van der Waals surface area contributed by atoms with Crippen molar-refractivity contribution in [2.24, 2.45) is 0 Å². The van der Waals surface area contributed by atoms with Gasteiger partial charge in [0.15, 0.2) is 0 Å². The van der Waals surface area contributed by atoms with Crippen LogP contribution in [0.25, 0.3) is 0 Å². The van der Waals surface area contributed by atoms with Crippen LogP contribution in [0.1, 0.15) is 0 Å². The molecule has 6 nitrogen and oxygen atoms in total. The third-order valence-corrected chi connectivity index (χ3v) is 1.46. The number of rotatable bonds is 3. The van der Waals surface area contributed by atoms with Crippen molar-refractivity contribution in [1.82, 2.24) is 5.32 Å². The molecule has 0 aliphatic carbocycles. The number of nitrogens with one attached hydrogen (secondary N) is 1. The Balaban J connectivity index is 3.51. The third kappa shape index (κ3) is 7.07. The predicted molar refractivity (Wildman–Crippen MR) is 36.8 cm³/mol. The zero-order chi connectivity index (χ0) is 8.91. The number of alkyl carbamates (subject to hydrolysis) is 1. The van der Waals surface area contributed by atoms with Crippen LogP contribution in [0.4, 0.5) is 4.79 Å². The molecule has 0 rings (SSSR count). The molecule has 0 radical (unpaired) electrons. The zero-order valence-corrected chi connectivity index (χ0v) is 6.72. The molecule has 0 aromatic heterocycles. The molecule has 0 unspecified atom stereocenters. The van der Waals surface area contributed by atoms with E-state index in [0.717, 1.165) is 0 Å². The lowest BCUT2D eigenvalue weighted by Gasteiger charge is -2.00. The van der Waals surface area contributed by atoms with Gasteiger partial charge in [0.25, 0.3) is 10.1 Å². The molecule has 0 aliphatic heterocycles. The van der Waals surface area contributed by atoms with E-state index in [9.17, 15) is 13.2 Å². The summed E-state index contributed by atoms with van der Waals surface area (Å²) in [6.07, 6.45) is -0.728. The van der Waals surface area contributed by atoms with E-state index in [-0.39, 0.29) is 6.61 Å². The Kier molecular flexibility index (Phi) is 3.83. The Morgan fingerprint density at radius 3 is 2.55 bits per heavy atom. The van der Waals surface area contributed by atoms with Crippen LogP contribution < -0.4 is 5.32 Å². The summed E-state index contributed by atoms with van der Waals surface area (Å²) in [5.74, 6) is -0.583. The monoisotopic (exact) mass is 183 g/mol. The Hall–Kier alpha value is -0.820. The molecule has 7 heteroatoms. The maximum absolute atomic E-state index is 10.3. The highest BCUT2D eigenvalue weighted by Gasteiger charge is 2.05. The van der Waals surface area contributed by atoms with Crippen molar-refractivity contribution in [2.45, 2.75) is 0 Å². The number of hydrogen-bond donors (Lipinski definition) is 2. The van der Waals surface area contributed by atoms with Crippen LogP contribution in [0.2, 0.25) is 0 Å². The van der Waals surface area contributed by atoms with Gasteiger partial charge in [0.05, 0.1) is 0 Å². The minimum absolute atomic E-state index is 0.349. The molecule has 0 aromatic rings. The highest BCUT2D eigenvalue weighted by molar-refractivity contribution is 7.85. The molecule has 0 spiro atoms. The summed E-state index contributed by atoms with van der Waals surface area (Å²) in [6, 6.07) is 0. The van der Waals surface area contributed by atoms with Gasteiger partial charge in [-0.2, -0.15) is 8.42 Å². The number of carbonyl (C=O) groups excluding carboxylic acids is 1. The van der Waals surface area contributed by atoms with Crippen molar-refractivity contribution in [3.05, 3.63) is 0 Å². The molecule has 0 saturated carbocycles. The summed E-state index contributed by atoms with van der Waals surface area (Å²) in [7, 11) is -2.69. The van der Waals surface area contributed by atoms with Crippen LogP contribution in [0.5, 0.6) is 0 Å². The summed E-state index contributed by atoms with van der Waals surface area (Å²) in [5.41, 5.74) is 0.